The van der Waals surface area contributed by atoms with E-state index >= 15 is 0 Å². The number of carbonyl (C=O) groups excluding carboxylic acids is 1. The SMILES string of the molecule is CCOC(=O)CCC1(CCC(=O)O)CCC1. The summed E-state index contributed by atoms with van der Waals surface area (Å²) < 4.78 is 4.88. The summed E-state index contributed by atoms with van der Waals surface area (Å²) in [4.78, 5) is 21.8. The lowest BCUT2D eigenvalue weighted by atomic mass is 9.63. The molecule has 0 aromatic heterocycles. The molecule has 0 bridgehead atoms. The van der Waals surface area contributed by atoms with E-state index in [9.17, 15) is 9.59 Å². The second-order valence-electron chi connectivity index (χ2n) is 4.55. The zero-order valence-corrected chi connectivity index (χ0v) is 9.83. The van der Waals surface area contributed by atoms with Crippen molar-refractivity contribution in [3.05, 3.63) is 0 Å². The van der Waals surface area contributed by atoms with Gasteiger partial charge in [0.25, 0.3) is 0 Å². The molecule has 92 valence electrons. The Kier molecular flexibility index (Phi) is 4.77. The third-order valence-electron chi connectivity index (χ3n) is 3.45. The molecular formula is C12H20O4. The molecule has 4 nitrogen and oxygen atoms in total. The third kappa shape index (κ3) is 3.83. The average Bonchev–Trinajstić information content (AvgIpc) is 2.15. The van der Waals surface area contributed by atoms with Crippen molar-refractivity contribution in [2.75, 3.05) is 6.61 Å². The van der Waals surface area contributed by atoms with Gasteiger partial charge >= 0.3 is 11.9 Å². The molecule has 1 saturated carbocycles. The number of ether oxygens (including phenoxy) is 1. The first-order valence-electron chi connectivity index (χ1n) is 5.95. The zero-order valence-electron chi connectivity index (χ0n) is 9.83. The Labute approximate surface area is 96.0 Å². The summed E-state index contributed by atoms with van der Waals surface area (Å²) in [5, 5.41) is 8.67. The molecule has 4 heteroatoms. The second kappa shape index (κ2) is 5.87. The molecule has 0 radical (unpaired) electrons. The van der Waals surface area contributed by atoms with Crippen LogP contribution in [0.4, 0.5) is 0 Å². The van der Waals surface area contributed by atoms with Crippen molar-refractivity contribution < 1.29 is 19.4 Å². The van der Waals surface area contributed by atoms with E-state index in [0.29, 0.717) is 19.4 Å². The van der Waals surface area contributed by atoms with E-state index in [2.05, 4.69) is 0 Å². The fourth-order valence-electron chi connectivity index (χ4n) is 2.27. The normalized spacial score (nSPS) is 17.6. The summed E-state index contributed by atoms with van der Waals surface area (Å²) >= 11 is 0. The summed E-state index contributed by atoms with van der Waals surface area (Å²) in [7, 11) is 0. The van der Waals surface area contributed by atoms with Crippen LogP contribution < -0.4 is 0 Å². The van der Waals surface area contributed by atoms with E-state index in [0.717, 1.165) is 25.7 Å². The van der Waals surface area contributed by atoms with Crippen LogP contribution in [0.2, 0.25) is 0 Å². The maximum Gasteiger partial charge on any atom is 0.305 e. The Morgan fingerprint density at radius 2 is 1.88 bits per heavy atom. The molecule has 16 heavy (non-hydrogen) atoms. The minimum absolute atomic E-state index is 0.102. The molecule has 0 spiro atoms. The van der Waals surface area contributed by atoms with E-state index in [1.165, 1.54) is 0 Å². The molecule has 1 aliphatic rings. The fraction of sp³-hybridized carbons (Fsp3) is 0.833. The molecule has 0 heterocycles. The predicted octanol–water partition coefficient (Wildman–Crippen LogP) is 2.36. The zero-order chi connectivity index (χ0) is 12.0. The number of rotatable bonds is 7. The number of aliphatic carboxylic acids is 1. The topological polar surface area (TPSA) is 63.6 Å². The van der Waals surface area contributed by atoms with Gasteiger partial charge < -0.3 is 9.84 Å². The van der Waals surface area contributed by atoms with Gasteiger partial charge in [0.1, 0.15) is 0 Å². The maximum absolute atomic E-state index is 11.2. The first kappa shape index (κ1) is 13.0. The Hall–Kier alpha value is -1.06. The molecule has 1 aliphatic carbocycles. The molecule has 0 aromatic carbocycles. The molecule has 1 fully saturated rings. The lowest BCUT2D eigenvalue weighted by Crippen LogP contribution is -2.31. The van der Waals surface area contributed by atoms with Crippen LogP contribution >= 0.6 is 0 Å². The van der Waals surface area contributed by atoms with Gasteiger partial charge in [0, 0.05) is 12.8 Å². The van der Waals surface area contributed by atoms with Gasteiger partial charge in [0.05, 0.1) is 6.61 Å². The van der Waals surface area contributed by atoms with E-state index in [-0.39, 0.29) is 17.8 Å². The number of carboxylic acids is 1. The molecule has 0 unspecified atom stereocenters. The highest BCUT2D eigenvalue weighted by atomic mass is 16.5. The van der Waals surface area contributed by atoms with Gasteiger partial charge in [0.15, 0.2) is 0 Å². The van der Waals surface area contributed by atoms with Crippen molar-refractivity contribution in [3.8, 4) is 0 Å². The first-order valence-corrected chi connectivity index (χ1v) is 5.95. The minimum Gasteiger partial charge on any atom is -0.481 e. The van der Waals surface area contributed by atoms with E-state index in [1.54, 1.807) is 6.92 Å². The lowest BCUT2D eigenvalue weighted by Gasteiger charge is -2.41. The van der Waals surface area contributed by atoms with Gasteiger partial charge in [-0.05, 0) is 38.0 Å². The van der Waals surface area contributed by atoms with E-state index < -0.39 is 5.97 Å². The Bertz CT molecular complexity index is 256. The molecule has 0 aromatic rings. The molecule has 1 rings (SSSR count). The number of hydrogen-bond acceptors (Lipinski definition) is 3. The second-order valence-corrected chi connectivity index (χ2v) is 4.55. The summed E-state index contributed by atoms with van der Waals surface area (Å²) in [6, 6.07) is 0. The van der Waals surface area contributed by atoms with Gasteiger partial charge in [-0.15, -0.1) is 0 Å². The summed E-state index contributed by atoms with van der Waals surface area (Å²) in [5.41, 5.74) is 0.102. The van der Waals surface area contributed by atoms with Crippen LogP contribution in [-0.2, 0) is 14.3 Å². The summed E-state index contributed by atoms with van der Waals surface area (Å²) in [5.74, 6) is -0.911. The van der Waals surface area contributed by atoms with Gasteiger partial charge in [-0.3, -0.25) is 9.59 Å². The molecule has 0 saturated heterocycles. The molecule has 1 N–H and O–H groups in total. The molecule has 0 atom stereocenters. The maximum atomic E-state index is 11.2. The van der Waals surface area contributed by atoms with E-state index in [1.807, 2.05) is 0 Å². The highest BCUT2D eigenvalue weighted by Crippen LogP contribution is 2.48. The Morgan fingerprint density at radius 1 is 1.25 bits per heavy atom. The number of carbonyl (C=O) groups is 2. The largest absolute Gasteiger partial charge is 0.481 e. The standard InChI is InChI=1S/C12H20O4/c1-2-16-11(15)5-9-12(6-3-7-12)8-4-10(13)14/h2-9H2,1H3,(H,13,14). The van der Waals surface area contributed by atoms with E-state index in [4.69, 9.17) is 9.84 Å². The lowest BCUT2D eigenvalue weighted by molar-refractivity contribution is -0.144. The van der Waals surface area contributed by atoms with Crippen LogP contribution in [0.3, 0.4) is 0 Å². The Balaban J connectivity index is 2.30. The van der Waals surface area contributed by atoms with Gasteiger partial charge in [-0.25, -0.2) is 0 Å². The minimum atomic E-state index is -0.748. The molecule has 0 amide bonds. The number of carboxylic acid groups (broad SMARTS) is 1. The smallest absolute Gasteiger partial charge is 0.305 e. The monoisotopic (exact) mass is 228 g/mol. The van der Waals surface area contributed by atoms with Crippen LogP contribution in [-0.4, -0.2) is 23.7 Å². The highest BCUT2D eigenvalue weighted by Gasteiger charge is 2.37. The molecular weight excluding hydrogens is 208 g/mol. The van der Waals surface area contributed by atoms with Crippen LogP contribution in [0.15, 0.2) is 0 Å². The quantitative estimate of drug-likeness (QED) is 0.679. The fourth-order valence-corrected chi connectivity index (χ4v) is 2.27. The van der Waals surface area contributed by atoms with Crippen LogP contribution in [0.5, 0.6) is 0 Å². The van der Waals surface area contributed by atoms with Crippen molar-refractivity contribution in [3.63, 3.8) is 0 Å². The van der Waals surface area contributed by atoms with Gasteiger partial charge in [0.2, 0.25) is 0 Å². The highest BCUT2D eigenvalue weighted by molar-refractivity contribution is 5.69. The summed E-state index contributed by atoms with van der Waals surface area (Å²) in [6.45, 7) is 2.21. The van der Waals surface area contributed by atoms with Crippen LogP contribution in [0.1, 0.15) is 51.9 Å². The predicted molar refractivity (Wildman–Crippen MR) is 59.0 cm³/mol. The Morgan fingerprint density at radius 3 is 2.31 bits per heavy atom. The average molecular weight is 228 g/mol. The third-order valence-corrected chi connectivity index (χ3v) is 3.45. The number of esters is 1. The first-order chi connectivity index (χ1) is 7.58. The van der Waals surface area contributed by atoms with Crippen molar-refractivity contribution >= 4 is 11.9 Å². The van der Waals surface area contributed by atoms with Gasteiger partial charge in [-0.2, -0.15) is 0 Å². The van der Waals surface area contributed by atoms with Gasteiger partial charge in [-0.1, -0.05) is 6.42 Å². The van der Waals surface area contributed by atoms with Crippen molar-refractivity contribution in [1.82, 2.24) is 0 Å². The van der Waals surface area contributed by atoms with Crippen molar-refractivity contribution in [1.29, 1.82) is 0 Å². The van der Waals surface area contributed by atoms with Crippen molar-refractivity contribution in [2.45, 2.75) is 51.9 Å². The van der Waals surface area contributed by atoms with Crippen LogP contribution in [0, 0.1) is 5.41 Å². The van der Waals surface area contributed by atoms with Crippen molar-refractivity contribution in [2.24, 2.45) is 5.41 Å². The summed E-state index contributed by atoms with van der Waals surface area (Å²) in [6.07, 6.45) is 5.37. The molecule has 0 aliphatic heterocycles. The number of hydrogen-bond donors (Lipinski definition) is 1. The van der Waals surface area contributed by atoms with Crippen LogP contribution in [0.25, 0.3) is 0 Å².